The molecule has 2 rings (SSSR count). The van der Waals surface area contributed by atoms with Crippen LogP contribution in [0.25, 0.3) is 0 Å². The number of hydrogen-bond donors (Lipinski definition) is 1. The van der Waals surface area contributed by atoms with E-state index in [0.29, 0.717) is 16.3 Å². The maximum atomic E-state index is 12.1. The number of Topliss-reactive ketones (excluding diaryl/α,β-unsaturated/α-hetero) is 1. The van der Waals surface area contributed by atoms with Crippen LogP contribution in [0.4, 0.5) is 5.69 Å². The van der Waals surface area contributed by atoms with Crippen LogP contribution >= 0.6 is 11.6 Å². The number of nitrogens with zero attached hydrogens (tertiary/aromatic N) is 1. The molecule has 0 saturated heterocycles. The van der Waals surface area contributed by atoms with Crippen LogP contribution in [-0.2, 0) is 11.3 Å². The molecule has 1 aromatic heterocycles. The maximum absolute atomic E-state index is 12.1. The highest BCUT2D eigenvalue weighted by atomic mass is 79.9. The van der Waals surface area contributed by atoms with Crippen molar-refractivity contribution in [2.75, 3.05) is 5.32 Å². The molecule has 4 nitrogen and oxygen atoms in total. The van der Waals surface area contributed by atoms with Crippen molar-refractivity contribution in [2.45, 2.75) is 13.5 Å². The third-order valence-corrected chi connectivity index (χ3v) is 2.96. The predicted octanol–water partition coefficient (Wildman–Crippen LogP) is -0.527. The van der Waals surface area contributed by atoms with E-state index in [1.807, 2.05) is 0 Å². The summed E-state index contributed by atoms with van der Waals surface area (Å²) in [6.45, 7) is 1.69. The Hall–Kier alpha value is -1.72. The van der Waals surface area contributed by atoms with Gasteiger partial charge in [0.1, 0.15) is 0 Å². The fourth-order valence-corrected chi connectivity index (χ4v) is 1.87. The summed E-state index contributed by atoms with van der Waals surface area (Å²) < 4.78 is 1.75. The van der Waals surface area contributed by atoms with Crippen LogP contribution in [0.5, 0.6) is 0 Å². The highest BCUT2D eigenvalue weighted by Crippen LogP contribution is 2.10. The van der Waals surface area contributed by atoms with Crippen LogP contribution in [-0.4, -0.2) is 11.7 Å². The van der Waals surface area contributed by atoms with Gasteiger partial charge in [-0.15, -0.1) is 0 Å². The smallest absolute Gasteiger partial charge is 0.227 e. The average Bonchev–Trinajstić information content (AvgIpc) is 2.41. The molecule has 0 aliphatic rings. The Balaban J connectivity index is 0.00000220. The van der Waals surface area contributed by atoms with Gasteiger partial charge < -0.3 is 22.3 Å². The largest absolute Gasteiger partial charge is 1.00 e. The van der Waals surface area contributed by atoms with Crippen LogP contribution in [0, 0.1) is 0 Å². The Bertz CT molecular complexity index is 627. The van der Waals surface area contributed by atoms with Gasteiger partial charge in [-0.1, -0.05) is 11.6 Å². The topological polar surface area (TPSA) is 50.1 Å². The number of carbonyl (C=O) groups excluding carboxylic acids is 2. The Labute approximate surface area is 138 Å². The zero-order chi connectivity index (χ0) is 14.5. The van der Waals surface area contributed by atoms with Crippen molar-refractivity contribution in [1.82, 2.24) is 0 Å². The molecule has 1 N–H and O–H groups in total. The Kier molecular flexibility index (Phi) is 6.52. The first-order valence-corrected chi connectivity index (χ1v) is 6.48. The lowest BCUT2D eigenvalue weighted by Crippen LogP contribution is -3.00. The van der Waals surface area contributed by atoms with Crippen molar-refractivity contribution in [1.29, 1.82) is 0 Å². The molecule has 6 heteroatoms. The summed E-state index contributed by atoms with van der Waals surface area (Å²) in [6.07, 6.45) is 3.50. The fraction of sp³-hybridized carbons (Fsp3) is 0.133. The van der Waals surface area contributed by atoms with E-state index < -0.39 is 0 Å². The third-order valence-electron chi connectivity index (χ3n) is 2.70. The SMILES string of the molecule is CC(=O)Nc1cc[n+](CC(=O)c2ccc(Cl)cc2)cc1.[Br-]. The summed E-state index contributed by atoms with van der Waals surface area (Å²) >= 11 is 5.78. The van der Waals surface area contributed by atoms with E-state index in [9.17, 15) is 9.59 Å². The lowest BCUT2D eigenvalue weighted by molar-refractivity contribution is -0.683. The highest BCUT2D eigenvalue weighted by Gasteiger charge is 2.12. The van der Waals surface area contributed by atoms with Crippen molar-refractivity contribution in [3.63, 3.8) is 0 Å². The van der Waals surface area contributed by atoms with Gasteiger partial charge in [0, 0.05) is 29.6 Å². The number of pyridine rings is 1. The van der Waals surface area contributed by atoms with Crippen LogP contribution in [0.15, 0.2) is 48.8 Å². The summed E-state index contributed by atoms with van der Waals surface area (Å²) in [5.74, 6) is -0.126. The molecule has 0 saturated carbocycles. The van der Waals surface area contributed by atoms with Gasteiger partial charge in [-0.05, 0) is 24.3 Å². The summed E-state index contributed by atoms with van der Waals surface area (Å²) in [7, 11) is 0. The minimum Gasteiger partial charge on any atom is -1.00 e. The second-order valence-electron chi connectivity index (χ2n) is 4.37. The molecular weight excluding hydrogens is 356 g/mol. The van der Waals surface area contributed by atoms with Crippen LogP contribution in [0.3, 0.4) is 0 Å². The molecule has 0 unspecified atom stereocenters. The second-order valence-corrected chi connectivity index (χ2v) is 4.81. The van der Waals surface area contributed by atoms with Gasteiger partial charge in [-0.2, -0.15) is 4.57 Å². The van der Waals surface area contributed by atoms with E-state index in [0.717, 1.165) is 0 Å². The van der Waals surface area contributed by atoms with Crippen molar-refractivity contribution in [3.05, 3.63) is 59.4 Å². The molecule has 0 aliphatic carbocycles. The molecule has 1 amide bonds. The zero-order valence-electron chi connectivity index (χ0n) is 11.3. The van der Waals surface area contributed by atoms with E-state index in [-0.39, 0.29) is 35.2 Å². The van der Waals surface area contributed by atoms with E-state index in [1.165, 1.54) is 6.92 Å². The average molecular weight is 370 g/mol. The lowest BCUT2D eigenvalue weighted by atomic mass is 10.1. The highest BCUT2D eigenvalue weighted by molar-refractivity contribution is 6.30. The van der Waals surface area contributed by atoms with Crippen molar-refractivity contribution >= 4 is 29.0 Å². The predicted molar refractivity (Wildman–Crippen MR) is 76.7 cm³/mol. The van der Waals surface area contributed by atoms with Crippen molar-refractivity contribution in [3.8, 4) is 0 Å². The molecule has 1 aromatic carbocycles. The number of amides is 1. The normalized spacial score (nSPS) is 9.62. The van der Waals surface area contributed by atoms with Gasteiger partial charge in [0.05, 0.1) is 5.69 Å². The Morgan fingerprint density at radius 3 is 2.19 bits per heavy atom. The standard InChI is InChI=1S/C15H13ClN2O2.BrH/c1-11(19)17-14-6-8-18(9-7-14)10-15(20)12-2-4-13(16)5-3-12;/h2-9H,10H2,1H3;1H. The molecule has 21 heavy (non-hydrogen) atoms. The first-order chi connectivity index (χ1) is 9.54. The lowest BCUT2D eigenvalue weighted by Gasteiger charge is -2.01. The van der Waals surface area contributed by atoms with E-state index in [4.69, 9.17) is 11.6 Å². The molecule has 0 spiro atoms. The molecular formula is C15H14BrClN2O2. The third kappa shape index (κ3) is 5.28. The second kappa shape index (κ2) is 7.90. The first kappa shape index (κ1) is 17.3. The van der Waals surface area contributed by atoms with E-state index >= 15 is 0 Å². The minimum atomic E-state index is -0.125. The molecule has 0 fully saturated rings. The summed E-state index contributed by atoms with van der Waals surface area (Å²) in [5.41, 5.74) is 1.32. The molecule has 0 radical (unpaired) electrons. The fourth-order valence-electron chi connectivity index (χ4n) is 1.74. The van der Waals surface area contributed by atoms with Crippen LogP contribution in [0.2, 0.25) is 5.02 Å². The van der Waals surface area contributed by atoms with Crippen molar-refractivity contribution in [2.24, 2.45) is 0 Å². The van der Waals surface area contributed by atoms with Gasteiger partial charge in [-0.25, -0.2) is 0 Å². The summed E-state index contributed by atoms with van der Waals surface area (Å²) in [5, 5.41) is 3.28. The molecule has 0 bridgehead atoms. The number of ketones is 1. The number of anilines is 1. The van der Waals surface area contributed by atoms with Crippen LogP contribution in [0.1, 0.15) is 17.3 Å². The quantitative estimate of drug-likeness (QED) is 0.582. The minimum absolute atomic E-state index is 0. The van der Waals surface area contributed by atoms with Gasteiger partial charge in [-0.3, -0.25) is 9.59 Å². The number of carbonyl (C=O) groups is 2. The Morgan fingerprint density at radius 2 is 1.67 bits per heavy atom. The van der Waals surface area contributed by atoms with E-state index in [2.05, 4.69) is 5.32 Å². The summed E-state index contributed by atoms with van der Waals surface area (Å²) in [4.78, 5) is 23.0. The molecule has 0 atom stereocenters. The molecule has 2 aromatic rings. The Morgan fingerprint density at radius 1 is 1.10 bits per heavy atom. The molecule has 110 valence electrons. The number of benzene rings is 1. The van der Waals surface area contributed by atoms with Crippen LogP contribution < -0.4 is 26.9 Å². The monoisotopic (exact) mass is 368 g/mol. The molecule has 1 heterocycles. The number of rotatable bonds is 4. The molecule has 0 aliphatic heterocycles. The van der Waals surface area contributed by atoms with Crippen molar-refractivity contribution < 1.29 is 31.1 Å². The zero-order valence-corrected chi connectivity index (χ0v) is 13.7. The maximum Gasteiger partial charge on any atom is 0.227 e. The number of nitrogens with one attached hydrogen (secondary N) is 1. The van der Waals surface area contributed by atoms with Gasteiger partial charge in [0.2, 0.25) is 18.2 Å². The first-order valence-electron chi connectivity index (χ1n) is 6.10. The number of hydrogen-bond acceptors (Lipinski definition) is 2. The number of halogens is 2. The van der Waals surface area contributed by atoms with Gasteiger partial charge in [0.25, 0.3) is 0 Å². The van der Waals surface area contributed by atoms with Gasteiger partial charge in [0.15, 0.2) is 12.4 Å². The van der Waals surface area contributed by atoms with Gasteiger partial charge >= 0.3 is 0 Å². The summed E-state index contributed by atoms with van der Waals surface area (Å²) in [6, 6.07) is 10.3. The number of aromatic nitrogens is 1. The van der Waals surface area contributed by atoms with E-state index in [1.54, 1.807) is 53.4 Å².